The lowest BCUT2D eigenvalue weighted by Crippen LogP contribution is -2.21. The van der Waals surface area contributed by atoms with Crippen molar-refractivity contribution in [3.63, 3.8) is 0 Å². The van der Waals surface area contributed by atoms with Crippen LogP contribution < -0.4 is 4.74 Å². The Bertz CT molecular complexity index is 564. The third kappa shape index (κ3) is 2.20. The first-order chi connectivity index (χ1) is 8.11. The smallest absolute Gasteiger partial charge is 0.254 e. The number of aromatic nitrogens is 1. The second-order valence-electron chi connectivity index (χ2n) is 3.98. The molecule has 0 fully saturated rings. The van der Waals surface area contributed by atoms with E-state index >= 15 is 0 Å². The average molecular weight is 230 g/mol. The zero-order valence-electron chi connectivity index (χ0n) is 10.1. The topological polar surface area (TPSA) is 42.4 Å². The molecule has 1 amide bonds. The van der Waals surface area contributed by atoms with E-state index in [9.17, 15) is 4.79 Å². The summed E-state index contributed by atoms with van der Waals surface area (Å²) >= 11 is 0. The minimum atomic E-state index is -0.0535. The molecule has 1 aromatic heterocycles. The maximum Gasteiger partial charge on any atom is 0.254 e. The lowest BCUT2D eigenvalue weighted by Gasteiger charge is -2.10. The van der Waals surface area contributed by atoms with Gasteiger partial charge in [-0.1, -0.05) is 0 Å². The number of rotatable bonds is 2. The van der Waals surface area contributed by atoms with Gasteiger partial charge in [0.1, 0.15) is 5.75 Å². The molecular formula is C13H14N2O2. The van der Waals surface area contributed by atoms with E-state index in [1.54, 1.807) is 27.4 Å². The Morgan fingerprint density at radius 1 is 1.29 bits per heavy atom. The molecule has 0 spiro atoms. The molecule has 1 heterocycles. The van der Waals surface area contributed by atoms with Gasteiger partial charge < -0.3 is 9.64 Å². The number of hydrogen-bond donors (Lipinski definition) is 0. The lowest BCUT2D eigenvalue weighted by atomic mass is 10.1. The number of nitrogens with zero attached hydrogens (tertiary/aromatic N) is 2. The van der Waals surface area contributed by atoms with Crippen LogP contribution in [0.25, 0.3) is 10.9 Å². The van der Waals surface area contributed by atoms with Crippen LogP contribution in [0.15, 0.2) is 30.5 Å². The van der Waals surface area contributed by atoms with Crippen molar-refractivity contribution >= 4 is 16.8 Å². The molecule has 0 aliphatic heterocycles. The summed E-state index contributed by atoms with van der Waals surface area (Å²) in [4.78, 5) is 17.6. The number of methoxy groups -OCH3 is 1. The maximum atomic E-state index is 11.8. The first-order valence-electron chi connectivity index (χ1n) is 5.27. The number of carbonyl (C=O) groups excluding carboxylic acids is 1. The van der Waals surface area contributed by atoms with Crippen molar-refractivity contribution in [2.75, 3.05) is 21.2 Å². The molecule has 4 nitrogen and oxygen atoms in total. The predicted molar refractivity (Wildman–Crippen MR) is 66.3 cm³/mol. The lowest BCUT2D eigenvalue weighted by molar-refractivity contribution is 0.0827. The van der Waals surface area contributed by atoms with Gasteiger partial charge in [-0.2, -0.15) is 0 Å². The molecule has 1 aromatic carbocycles. The van der Waals surface area contributed by atoms with E-state index in [1.165, 1.54) is 4.90 Å². The van der Waals surface area contributed by atoms with Gasteiger partial charge in [-0.05, 0) is 24.3 Å². The van der Waals surface area contributed by atoms with Crippen molar-refractivity contribution in [1.82, 2.24) is 9.88 Å². The van der Waals surface area contributed by atoms with Crippen LogP contribution in [0.4, 0.5) is 0 Å². The fraction of sp³-hybridized carbons (Fsp3) is 0.231. The fourth-order valence-corrected chi connectivity index (χ4v) is 1.61. The van der Waals surface area contributed by atoms with E-state index in [2.05, 4.69) is 4.98 Å². The van der Waals surface area contributed by atoms with Crippen molar-refractivity contribution in [3.05, 3.63) is 36.0 Å². The zero-order valence-corrected chi connectivity index (χ0v) is 10.1. The Hall–Kier alpha value is -2.10. The summed E-state index contributed by atoms with van der Waals surface area (Å²) in [6, 6.07) is 7.42. The number of hydrogen-bond acceptors (Lipinski definition) is 3. The first kappa shape index (κ1) is 11.4. The van der Waals surface area contributed by atoms with E-state index in [1.807, 2.05) is 24.3 Å². The SMILES string of the molecule is COc1ccc2ncc(C(=O)N(C)C)cc2c1. The zero-order chi connectivity index (χ0) is 12.4. The molecule has 0 aliphatic carbocycles. The van der Waals surface area contributed by atoms with Crippen molar-refractivity contribution in [2.24, 2.45) is 0 Å². The van der Waals surface area contributed by atoms with Gasteiger partial charge in [0, 0.05) is 25.7 Å². The summed E-state index contributed by atoms with van der Waals surface area (Å²) in [7, 11) is 5.06. The van der Waals surface area contributed by atoms with Gasteiger partial charge in [0.2, 0.25) is 0 Å². The highest BCUT2D eigenvalue weighted by molar-refractivity contribution is 5.97. The molecule has 17 heavy (non-hydrogen) atoms. The van der Waals surface area contributed by atoms with Crippen LogP contribution >= 0.6 is 0 Å². The third-order valence-corrected chi connectivity index (χ3v) is 2.54. The van der Waals surface area contributed by atoms with Crippen LogP contribution in [0.1, 0.15) is 10.4 Å². The van der Waals surface area contributed by atoms with Gasteiger partial charge in [-0.15, -0.1) is 0 Å². The first-order valence-corrected chi connectivity index (χ1v) is 5.27. The highest BCUT2D eigenvalue weighted by Gasteiger charge is 2.09. The Morgan fingerprint density at radius 2 is 2.06 bits per heavy atom. The number of carbonyl (C=O) groups is 1. The van der Waals surface area contributed by atoms with E-state index in [4.69, 9.17) is 4.74 Å². The predicted octanol–water partition coefficient (Wildman–Crippen LogP) is 1.95. The number of fused-ring (bicyclic) bond motifs is 1. The van der Waals surface area contributed by atoms with Gasteiger partial charge in [-0.25, -0.2) is 0 Å². The van der Waals surface area contributed by atoms with Crippen molar-refractivity contribution < 1.29 is 9.53 Å². The molecular weight excluding hydrogens is 216 g/mol. The van der Waals surface area contributed by atoms with E-state index in [0.29, 0.717) is 5.56 Å². The Balaban J connectivity index is 2.51. The summed E-state index contributed by atoms with van der Waals surface area (Å²) in [5.41, 5.74) is 1.43. The number of ether oxygens (including phenoxy) is 1. The molecule has 2 aromatic rings. The Labute approximate surface area is 99.8 Å². The quantitative estimate of drug-likeness (QED) is 0.791. The average Bonchev–Trinajstić information content (AvgIpc) is 2.36. The highest BCUT2D eigenvalue weighted by Crippen LogP contribution is 2.20. The maximum absolute atomic E-state index is 11.8. The Morgan fingerprint density at radius 3 is 2.71 bits per heavy atom. The largest absolute Gasteiger partial charge is 0.497 e. The summed E-state index contributed by atoms with van der Waals surface area (Å²) in [6.07, 6.45) is 1.59. The molecule has 0 unspecified atom stereocenters. The molecule has 0 N–H and O–H groups in total. The van der Waals surface area contributed by atoms with Crippen LogP contribution in [-0.2, 0) is 0 Å². The molecule has 4 heteroatoms. The summed E-state index contributed by atoms with van der Waals surface area (Å²) in [6.45, 7) is 0. The second-order valence-corrected chi connectivity index (χ2v) is 3.98. The van der Waals surface area contributed by atoms with E-state index < -0.39 is 0 Å². The molecule has 0 atom stereocenters. The van der Waals surface area contributed by atoms with Crippen molar-refractivity contribution in [3.8, 4) is 5.75 Å². The molecule has 0 aliphatic rings. The molecule has 88 valence electrons. The minimum Gasteiger partial charge on any atom is -0.497 e. The number of pyridine rings is 1. The molecule has 0 radical (unpaired) electrons. The van der Waals surface area contributed by atoms with Crippen molar-refractivity contribution in [1.29, 1.82) is 0 Å². The van der Waals surface area contributed by atoms with Gasteiger partial charge in [0.15, 0.2) is 0 Å². The molecule has 2 rings (SSSR count). The van der Waals surface area contributed by atoms with Gasteiger partial charge in [0.05, 0.1) is 18.2 Å². The standard InChI is InChI=1S/C13H14N2O2/c1-15(2)13(16)10-6-9-7-11(17-3)4-5-12(9)14-8-10/h4-8H,1-3H3. The third-order valence-electron chi connectivity index (χ3n) is 2.54. The van der Waals surface area contributed by atoms with Crippen LogP contribution in [0, 0.1) is 0 Å². The molecule has 0 saturated carbocycles. The normalized spacial score (nSPS) is 10.3. The summed E-state index contributed by atoms with van der Waals surface area (Å²) in [5, 5.41) is 0.900. The van der Waals surface area contributed by atoms with Gasteiger partial charge in [0.25, 0.3) is 5.91 Å². The van der Waals surface area contributed by atoms with Gasteiger partial charge in [-0.3, -0.25) is 9.78 Å². The number of amides is 1. The summed E-state index contributed by atoms with van der Waals surface area (Å²) < 4.78 is 5.15. The van der Waals surface area contributed by atoms with Crippen molar-refractivity contribution in [2.45, 2.75) is 0 Å². The highest BCUT2D eigenvalue weighted by atomic mass is 16.5. The molecule has 0 bridgehead atoms. The fourth-order valence-electron chi connectivity index (χ4n) is 1.61. The monoisotopic (exact) mass is 230 g/mol. The van der Waals surface area contributed by atoms with Crippen LogP contribution in [0.5, 0.6) is 5.75 Å². The van der Waals surface area contributed by atoms with Crippen LogP contribution in [-0.4, -0.2) is 37.0 Å². The minimum absolute atomic E-state index is 0.0535. The van der Waals surface area contributed by atoms with E-state index in [-0.39, 0.29) is 5.91 Å². The van der Waals surface area contributed by atoms with E-state index in [0.717, 1.165) is 16.7 Å². The van der Waals surface area contributed by atoms with Crippen LogP contribution in [0.3, 0.4) is 0 Å². The molecule has 0 saturated heterocycles. The number of benzene rings is 1. The van der Waals surface area contributed by atoms with Crippen LogP contribution in [0.2, 0.25) is 0 Å². The van der Waals surface area contributed by atoms with Gasteiger partial charge >= 0.3 is 0 Å². The Kier molecular flexibility index (Phi) is 2.95. The summed E-state index contributed by atoms with van der Waals surface area (Å²) in [5.74, 6) is 0.705. The second kappa shape index (κ2) is 4.41.